The minimum absolute atomic E-state index is 0.0256. The molecule has 0 radical (unpaired) electrons. The molecular formula is C52H38N6O3. The van der Waals surface area contributed by atoms with Gasteiger partial charge in [-0.2, -0.15) is 0 Å². The van der Waals surface area contributed by atoms with Crippen molar-refractivity contribution in [1.29, 1.82) is 0 Å². The van der Waals surface area contributed by atoms with Crippen molar-refractivity contribution in [2.45, 2.75) is 33.1 Å². The zero-order chi connectivity index (χ0) is 42.4. The van der Waals surface area contributed by atoms with Crippen LogP contribution < -0.4 is 0 Å². The summed E-state index contributed by atoms with van der Waals surface area (Å²) in [6, 6.07) is 44.6. The number of carbonyl (C=O) groups excluding carboxylic acids is 3. The molecule has 6 aromatic carbocycles. The molecular weight excluding hydrogens is 757 g/mol. The zero-order valence-electron chi connectivity index (χ0n) is 34.0. The van der Waals surface area contributed by atoms with Gasteiger partial charge in [0.2, 0.25) is 34.8 Å². The smallest absolute Gasteiger partial charge is 0.230 e. The van der Waals surface area contributed by atoms with Gasteiger partial charge in [-0.3, -0.25) is 14.4 Å². The lowest BCUT2D eigenvalue weighted by molar-refractivity contribution is 0.101. The van der Waals surface area contributed by atoms with E-state index in [4.69, 9.17) is 24.9 Å². The van der Waals surface area contributed by atoms with E-state index in [9.17, 15) is 14.4 Å². The van der Waals surface area contributed by atoms with E-state index in [1.165, 1.54) is 0 Å². The Bertz CT molecular complexity index is 2700. The standard InChI is InChI=1S/C52H38N6O3/c1-30-14-22-35(23-15-30)34(5)46-53-47(43(59)36-24-16-31(2)17-25-36)56-50(55-46)52(41-12-8-6-10-39(41)40-11-7-9-13-42(40)52)51-57-48(44(60)37-26-18-32(3)19-27-37)54-49(58-51)45(61)38-28-20-33(4)21-29-38/h6-29H,5H2,1-4H3. The molecule has 8 aromatic rings. The third-order valence-electron chi connectivity index (χ3n) is 11.1. The Morgan fingerprint density at radius 3 is 1.03 bits per heavy atom. The van der Waals surface area contributed by atoms with Crippen LogP contribution in [0.25, 0.3) is 16.7 Å². The average molecular weight is 795 g/mol. The SMILES string of the molecule is C=C(c1ccc(C)cc1)c1nc(C(=O)c2ccc(C)cc2)nc(C2(c3nc(C(=O)c4ccc(C)cc4)nc(C(=O)c4ccc(C)cc4)n3)c3ccccc3-c3ccccc32)n1. The lowest BCUT2D eigenvalue weighted by Gasteiger charge is -2.30. The highest BCUT2D eigenvalue weighted by Gasteiger charge is 2.52. The molecule has 294 valence electrons. The molecule has 0 fully saturated rings. The third-order valence-corrected chi connectivity index (χ3v) is 11.1. The summed E-state index contributed by atoms with van der Waals surface area (Å²) >= 11 is 0. The Kier molecular flexibility index (Phi) is 9.72. The fraction of sp³-hybridized carbons (Fsp3) is 0.0962. The maximum Gasteiger partial charge on any atom is 0.230 e. The number of nitrogens with zero attached hydrogens (tertiary/aromatic N) is 6. The number of hydrogen-bond donors (Lipinski definition) is 0. The highest BCUT2D eigenvalue weighted by Crippen LogP contribution is 2.54. The summed E-state index contributed by atoms with van der Waals surface area (Å²) in [5.41, 5.74) is 7.66. The molecule has 1 aliphatic rings. The molecule has 61 heavy (non-hydrogen) atoms. The van der Waals surface area contributed by atoms with Crippen molar-refractivity contribution in [3.05, 3.63) is 243 Å². The minimum atomic E-state index is -1.60. The maximum absolute atomic E-state index is 14.5. The number of ketones is 3. The number of fused-ring (bicyclic) bond motifs is 3. The van der Waals surface area contributed by atoms with Gasteiger partial charge >= 0.3 is 0 Å². The van der Waals surface area contributed by atoms with Gasteiger partial charge in [0, 0.05) is 22.3 Å². The molecule has 0 atom stereocenters. The molecule has 1 aliphatic carbocycles. The lowest BCUT2D eigenvalue weighted by atomic mass is 9.76. The van der Waals surface area contributed by atoms with Gasteiger partial charge < -0.3 is 0 Å². The van der Waals surface area contributed by atoms with E-state index in [1.54, 1.807) is 36.4 Å². The summed E-state index contributed by atoms with van der Waals surface area (Å²) in [5.74, 6) is -1.75. The van der Waals surface area contributed by atoms with Crippen LogP contribution in [0.3, 0.4) is 0 Å². The Morgan fingerprint density at radius 1 is 0.377 bits per heavy atom. The molecule has 0 saturated heterocycles. The summed E-state index contributed by atoms with van der Waals surface area (Å²) in [5, 5.41) is 0. The topological polar surface area (TPSA) is 129 Å². The molecule has 0 unspecified atom stereocenters. The van der Waals surface area contributed by atoms with Crippen molar-refractivity contribution in [2.24, 2.45) is 0 Å². The number of aryl methyl sites for hydroxylation is 4. The van der Waals surface area contributed by atoms with Gasteiger partial charge in [0.25, 0.3) is 0 Å². The van der Waals surface area contributed by atoms with Gasteiger partial charge in [-0.15, -0.1) is 0 Å². The lowest BCUT2D eigenvalue weighted by Crippen LogP contribution is -2.36. The summed E-state index contributed by atoms with van der Waals surface area (Å²) < 4.78 is 0. The minimum Gasteiger partial charge on any atom is -0.285 e. The summed E-state index contributed by atoms with van der Waals surface area (Å²) in [7, 11) is 0. The molecule has 2 aromatic heterocycles. The van der Waals surface area contributed by atoms with E-state index in [1.807, 2.05) is 137 Å². The molecule has 0 aliphatic heterocycles. The first-order valence-corrected chi connectivity index (χ1v) is 19.8. The first kappa shape index (κ1) is 38.6. The van der Waals surface area contributed by atoms with E-state index < -0.39 is 22.8 Å². The molecule has 0 bridgehead atoms. The first-order chi connectivity index (χ1) is 29.5. The monoisotopic (exact) mass is 794 g/mol. The maximum atomic E-state index is 14.5. The highest BCUT2D eigenvalue weighted by atomic mass is 16.1. The van der Waals surface area contributed by atoms with Gasteiger partial charge in [0.05, 0.1) is 0 Å². The molecule has 0 saturated carbocycles. The molecule has 9 nitrogen and oxygen atoms in total. The van der Waals surface area contributed by atoms with Crippen LogP contribution >= 0.6 is 0 Å². The number of hydrogen-bond acceptors (Lipinski definition) is 9. The summed E-state index contributed by atoms with van der Waals surface area (Å²) in [6.07, 6.45) is 0. The Labute approximate surface area is 353 Å². The van der Waals surface area contributed by atoms with Crippen LogP contribution in [0.2, 0.25) is 0 Å². The van der Waals surface area contributed by atoms with Gasteiger partial charge in [0.15, 0.2) is 17.5 Å². The molecule has 9 rings (SSSR count). The van der Waals surface area contributed by atoms with Crippen LogP contribution in [0.4, 0.5) is 0 Å². The number of aromatic nitrogens is 6. The molecule has 2 heterocycles. The largest absolute Gasteiger partial charge is 0.285 e. The van der Waals surface area contributed by atoms with E-state index in [0.29, 0.717) is 33.4 Å². The van der Waals surface area contributed by atoms with Crippen LogP contribution in [0.5, 0.6) is 0 Å². The summed E-state index contributed by atoms with van der Waals surface area (Å²) in [6.45, 7) is 12.2. The highest BCUT2D eigenvalue weighted by molar-refractivity contribution is 6.09. The van der Waals surface area contributed by atoms with Crippen LogP contribution in [-0.2, 0) is 5.41 Å². The van der Waals surface area contributed by atoms with Crippen molar-refractivity contribution < 1.29 is 14.4 Å². The van der Waals surface area contributed by atoms with Crippen molar-refractivity contribution in [2.75, 3.05) is 0 Å². The number of rotatable bonds is 10. The predicted molar refractivity (Wildman–Crippen MR) is 234 cm³/mol. The van der Waals surface area contributed by atoms with E-state index >= 15 is 0 Å². The second-order valence-corrected chi connectivity index (χ2v) is 15.4. The Balaban J connectivity index is 1.38. The van der Waals surface area contributed by atoms with E-state index in [0.717, 1.165) is 38.9 Å². The van der Waals surface area contributed by atoms with Gasteiger partial charge in [-0.1, -0.05) is 174 Å². The average Bonchev–Trinajstić information content (AvgIpc) is 3.60. The molecule has 0 amide bonds. The second-order valence-electron chi connectivity index (χ2n) is 15.4. The van der Waals surface area contributed by atoms with Crippen molar-refractivity contribution in [3.8, 4) is 11.1 Å². The quantitative estimate of drug-likeness (QED) is 0.124. The van der Waals surface area contributed by atoms with Gasteiger partial charge in [-0.05, 0) is 55.5 Å². The van der Waals surface area contributed by atoms with Crippen LogP contribution in [0, 0.1) is 27.7 Å². The third kappa shape index (κ3) is 6.85. The van der Waals surface area contributed by atoms with Crippen molar-refractivity contribution >= 4 is 22.9 Å². The normalized spacial score (nSPS) is 12.3. The molecule has 0 N–H and O–H groups in total. The van der Waals surface area contributed by atoms with Crippen LogP contribution in [-0.4, -0.2) is 47.3 Å². The zero-order valence-corrected chi connectivity index (χ0v) is 34.0. The predicted octanol–water partition coefficient (Wildman–Crippen LogP) is 9.41. The summed E-state index contributed by atoms with van der Waals surface area (Å²) in [4.78, 5) is 73.2. The van der Waals surface area contributed by atoms with Gasteiger partial charge in [-0.25, -0.2) is 29.9 Å². The number of benzene rings is 6. The Morgan fingerprint density at radius 2 is 0.672 bits per heavy atom. The van der Waals surface area contributed by atoms with Crippen LogP contribution in [0.1, 0.15) is 105 Å². The Hall–Kier alpha value is -7.91. The van der Waals surface area contributed by atoms with Crippen molar-refractivity contribution in [3.63, 3.8) is 0 Å². The number of carbonyl (C=O) groups is 3. The first-order valence-electron chi connectivity index (χ1n) is 19.8. The second kappa shape index (κ2) is 15.4. The fourth-order valence-corrected chi connectivity index (χ4v) is 7.73. The van der Waals surface area contributed by atoms with E-state index in [2.05, 4.69) is 11.6 Å². The van der Waals surface area contributed by atoms with Gasteiger partial charge in [0.1, 0.15) is 5.41 Å². The molecule has 9 heteroatoms. The van der Waals surface area contributed by atoms with Crippen LogP contribution in [0.15, 0.2) is 152 Å². The fourth-order valence-electron chi connectivity index (χ4n) is 7.73. The van der Waals surface area contributed by atoms with Crippen molar-refractivity contribution in [1.82, 2.24) is 29.9 Å². The molecule has 0 spiro atoms. The van der Waals surface area contributed by atoms with E-state index in [-0.39, 0.29) is 34.9 Å².